The van der Waals surface area contributed by atoms with Gasteiger partial charge in [-0.15, -0.1) is 0 Å². The molecule has 0 atom stereocenters. The van der Waals surface area contributed by atoms with Crippen molar-refractivity contribution in [3.63, 3.8) is 0 Å². The number of nitriles is 1. The number of thioether (sulfide) groups is 1. The minimum Gasteiger partial charge on any atom is -0.441 e. The highest BCUT2D eigenvalue weighted by atomic mass is 32.2. The average molecular weight is 311 g/mol. The summed E-state index contributed by atoms with van der Waals surface area (Å²) in [5, 5.41) is 9.35. The van der Waals surface area contributed by atoms with Gasteiger partial charge in [-0.25, -0.2) is 15.0 Å². The molecule has 0 saturated carbocycles. The number of benzene rings is 1. The van der Waals surface area contributed by atoms with E-state index in [1.165, 1.54) is 18.0 Å². The van der Waals surface area contributed by atoms with E-state index in [9.17, 15) is 0 Å². The Labute approximate surface area is 131 Å². The number of fused-ring (bicyclic) bond motifs is 1. The molecule has 0 saturated heterocycles. The maximum Gasteiger partial charge on any atom is 0.195 e. The Bertz CT molecular complexity index is 806. The molecule has 1 aromatic carbocycles. The number of para-hydroxylation sites is 2. The minimum atomic E-state index is 0.221. The van der Waals surface area contributed by atoms with Crippen molar-refractivity contribution in [2.75, 3.05) is 11.5 Å². The van der Waals surface area contributed by atoms with E-state index in [2.05, 4.69) is 15.0 Å². The maximum atomic E-state index is 8.78. The molecule has 6 nitrogen and oxygen atoms in total. The second-order valence-corrected chi connectivity index (χ2v) is 5.65. The van der Waals surface area contributed by atoms with Crippen LogP contribution in [0.3, 0.4) is 0 Å². The van der Waals surface area contributed by atoms with Crippen molar-refractivity contribution in [3.8, 4) is 6.07 Å². The Morgan fingerprint density at radius 1 is 1.27 bits per heavy atom. The van der Waals surface area contributed by atoms with Gasteiger partial charge in [0.1, 0.15) is 23.0 Å². The van der Waals surface area contributed by atoms with Crippen LogP contribution in [0, 0.1) is 11.3 Å². The van der Waals surface area contributed by atoms with Crippen LogP contribution in [-0.4, -0.2) is 20.7 Å². The van der Waals surface area contributed by atoms with Crippen LogP contribution in [0.25, 0.3) is 11.1 Å². The first-order chi connectivity index (χ1) is 10.8. The third-order valence-electron chi connectivity index (χ3n) is 3.02. The van der Waals surface area contributed by atoms with Crippen LogP contribution >= 0.6 is 11.8 Å². The molecular formula is C15H13N5OS. The predicted octanol–water partition coefficient (Wildman–Crippen LogP) is 2.80. The lowest BCUT2D eigenvalue weighted by Gasteiger charge is -2.01. The van der Waals surface area contributed by atoms with Gasteiger partial charge >= 0.3 is 0 Å². The number of anilines is 1. The van der Waals surface area contributed by atoms with Crippen LogP contribution in [0.15, 0.2) is 40.0 Å². The van der Waals surface area contributed by atoms with Gasteiger partial charge in [0.2, 0.25) is 0 Å². The molecule has 0 spiro atoms. The van der Waals surface area contributed by atoms with Gasteiger partial charge in [0.15, 0.2) is 16.6 Å². The molecule has 2 heterocycles. The van der Waals surface area contributed by atoms with Crippen LogP contribution in [0.5, 0.6) is 0 Å². The van der Waals surface area contributed by atoms with Crippen molar-refractivity contribution in [1.29, 1.82) is 5.26 Å². The van der Waals surface area contributed by atoms with Crippen molar-refractivity contribution >= 4 is 28.7 Å². The highest BCUT2D eigenvalue weighted by Crippen LogP contribution is 2.19. The fraction of sp³-hybridized carbons (Fsp3) is 0.200. The summed E-state index contributed by atoms with van der Waals surface area (Å²) in [6.07, 6.45) is 3.10. The number of aromatic nitrogens is 3. The SMILES string of the molecule is N#Cc1cnc(SCCCc2nc3ccccc3o2)nc1N. The van der Waals surface area contributed by atoms with E-state index in [1.807, 2.05) is 30.3 Å². The van der Waals surface area contributed by atoms with E-state index in [0.29, 0.717) is 10.7 Å². The molecule has 0 aliphatic carbocycles. The van der Waals surface area contributed by atoms with Crippen molar-refractivity contribution in [1.82, 2.24) is 15.0 Å². The van der Waals surface area contributed by atoms with Crippen molar-refractivity contribution in [3.05, 3.63) is 41.9 Å². The lowest BCUT2D eigenvalue weighted by Crippen LogP contribution is -1.98. The van der Waals surface area contributed by atoms with Gasteiger partial charge in [0.25, 0.3) is 0 Å². The van der Waals surface area contributed by atoms with E-state index in [1.54, 1.807) is 0 Å². The van der Waals surface area contributed by atoms with E-state index in [0.717, 1.165) is 35.6 Å². The molecular weight excluding hydrogens is 298 g/mol. The zero-order valence-electron chi connectivity index (χ0n) is 11.7. The normalized spacial score (nSPS) is 10.7. The number of oxazole rings is 1. The minimum absolute atomic E-state index is 0.221. The number of aryl methyl sites for hydroxylation is 1. The molecule has 0 unspecified atom stereocenters. The quantitative estimate of drug-likeness (QED) is 0.439. The molecule has 3 rings (SSSR count). The van der Waals surface area contributed by atoms with E-state index in [4.69, 9.17) is 15.4 Å². The van der Waals surface area contributed by atoms with Crippen molar-refractivity contribution in [2.45, 2.75) is 18.0 Å². The molecule has 7 heteroatoms. The van der Waals surface area contributed by atoms with Gasteiger partial charge in [0, 0.05) is 12.2 Å². The Balaban J connectivity index is 1.53. The maximum absolute atomic E-state index is 8.78. The summed E-state index contributed by atoms with van der Waals surface area (Å²) in [5.74, 6) is 1.78. The molecule has 0 bridgehead atoms. The van der Waals surface area contributed by atoms with Crippen LogP contribution in [0.1, 0.15) is 17.9 Å². The second-order valence-electron chi connectivity index (χ2n) is 4.59. The molecule has 0 amide bonds. The summed E-state index contributed by atoms with van der Waals surface area (Å²) >= 11 is 1.50. The van der Waals surface area contributed by atoms with Crippen LogP contribution in [-0.2, 0) is 6.42 Å². The average Bonchev–Trinajstić information content (AvgIpc) is 2.94. The van der Waals surface area contributed by atoms with Crippen LogP contribution < -0.4 is 5.73 Å². The zero-order chi connectivity index (χ0) is 15.4. The number of hydrogen-bond acceptors (Lipinski definition) is 7. The molecule has 22 heavy (non-hydrogen) atoms. The molecule has 2 aromatic heterocycles. The summed E-state index contributed by atoms with van der Waals surface area (Å²) < 4.78 is 5.66. The van der Waals surface area contributed by atoms with Crippen molar-refractivity contribution in [2.24, 2.45) is 0 Å². The summed E-state index contributed by atoms with van der Waals surface area (Å²) in [6, 6.07) is 9.66. The summed E-state index contributed by atoms with van der Waals surface area (Å²) in [6.45, 7) is 0. The Hall–Kier alpha value is -2.59. The Kier molecular flexibility index (Phi) is 4.21. The van der Waals surface area contributed by atoms with Gasteiger partial charge in [0.05, 0.1) is 6.20 Å². The van der Waals surface area contributed by atoms with Gasteiger partial charge in [-0.1, -0.05) is 23.9 Å². The van der Waals surface area contributed by atoms with Crippen LogP contribution in [0.4, 0.5) is 5.82 Å². The number of rotatable bonds is 5. The van der Waals surface area contributed by atoms with Gasteiger partial charge in [-0.2, -0.15) is 5.26 Å². The molecule has 0 aliphatic heterocycles. The first-order valence-electron chi connectivity index (χ1n) is 6.76. The summed E-state index contributed by atoms with van der Waals surface area (Å²) in [7, 11) is 0. The van der Waals surface area contributed by atoms with E-state index in [-0.39, 0.29) is 5.82 Å². The topological polar surface area (TPSA) is 102 Å². The Morgan fingerprint density at radius 2 is 2.14 bits per heavy atom. The lowest BCUT2D eigenvalue weighted by molar-refractivity contribution is 0.526. The third kappa shape index (κ3) is 3.18. The summed E-state index contributed by atoms with van der Waals surface area (Å²) in [5.41, 5.74) is 7.66. The molecule has 2 N–H and O–H groups in total. The number of nitrogens with zero attached hydrogens (tertiary/aromatic N) is 4. The lowest BCUT2D eigenvalue weighted by atomic mass is 10.3. The molecule has 0 radical (unpaired) electrons. The molecule has 110 valence electrons. The first kappa shape index (κ1) is 14.4. The fourth-order valence-corrected chi connectivity index (χ4v) is 2.71. The van der Waals surface area contributed by atoms with Gasteiger partial charge in [-0.3, -0.25) is 0 Å². The molecule has 3 aromatic rings. The molecule has 0 aliphatic rings. The second kappa shape index (κ2) is 6.45. The monoisotopic (exact) mass is 311 g/mol. The van der Waals surface area contributed by atoms with E-state index >= 15 is 0 Å². The van der Waals surface area contributed by atoms with Gasteiger partial charge in [-0.05, 0) is 18.6 Å². The van der Waals surface area contributed by atoms with Crippen LogP contribution in [0.2, 0.25) is 0 Å². The molecule has 0 fully saturated rings. The highest BCUT2D eigenvalue weighted by molar-refractivity contribution is 7.99. The number of nitrogen functional groups attached to an aromatic ring is 1. The highest BCUT2D eigenvalue weighted by Gasteiger charge is 2.06. The number of nitrogens with two attached hydrogens (primary N) is 1. The van der Waals surface area contributed by atoms with E-state index < -0.39 is 0 Å². The first-order valence-corrected chi connectivity index (χ1v) is 7.74. The number of hydrogen-bond donors (Lipinski definition) is 1. The van der Waals surface area contributed by atoms with Gasteiger partial charge < -0.3 is 10.2 Å². The summed E-state index contributed by atoms with van der Waals surface area (Å²) in [4.78, 5) is 12.6. The smallest absolute Gasteiger partial charge is 0.195 e. The largest absolute Gasteiger partial charge is 0.441 e. The third-order valence-corrected chi connectivity index (χ3v) is 3.97. The fourth-order valence-electron chi connectivity index (χ4n) is 1.95. The standard InChI is InChI=1S/C15H13N5OS/c16-8-10-9-18-15(20-14(10)17)22-7-3-6-13-19-11-4-1-2-5-12(11)21-13/h1-2,4-5,9H,3,6-7H2,(H2,17,18,20). The zero-order valence-corrected chi connectivity index (χ0v) is 12.5. The van der Waals surface area contributed by atoms with Crippen molar-refractivity contribution < 1.29 is 4.42 Å². The predicted molar refractivity (Wildman–Crippen MR) is 84.2 cm³/mol. The Morgan fingerprint density at radius 3 is 2.91 bits per heavy atom.